The predicted molar refractivity (Wildman–Crippen MR) is 100 cm³/mol. The molecule has 4 rings (SSSR count). The summed E-state index contributed by atoms with van der Waals surface area (Å²) in [5.41, 5.74) is 3.45. The number of phenols is 1. The minimum atomic E-state index is -0.894. The number of phenolic OH excluding ortho intramolecular Hbond substituents is 1. The average molecular weight is 365 g/mol. The van der Waals surface area contributed by atoms with Gasteiger partial charge < -0.3 is 15.5 Å². The van der Waals surface area contributed by atoms with E-state index in [4.69, 9.17) is 5.11 Å². The summed E-state index contributed by atoms with van der Waals surface area (Å²) in [6, 6.07) is 15.5. The highest BCUT2D eigenvalue weighted by atomic mass is 16.4. The fourth-order valence-corrected chi connectivity index (χ4v) is 4.22. The van der Waals surface area contributed by atoms with Crippen molar-refractivity contribution in [2.75, 3.05) is 0 Å². The van der Waals surface area contributed by atoms with Crippen LogP contribution < -0.4 is 5.32 Å². The third-order valence-corrected chi connectivity index (χ3v) is 5.81. The Bertz CT molecular complexity index is 864. The first-order chi connectivity index (χ1) is 13.0. The van der Waals surface area contributed by atoms with E-state index in [1.54, 1.807) is 12.1 Å². The van der Waals surface area contributed by atoms with Gasteiger partial charge in [0.25, 0.3) is 0 Å². The molecule has 27 heavy (non-hydrogen) atoms. The van der Waals surface area contributed by atoms with Gasteiger partial charge in [-0.05, 0) is 54.5 Å². The Hall–Kier alpha value is -2.82. The van der Waals surface area contributed by atoms with Gasteiger partial charge in [-0.2, -0.15) is 0 Å². The van der Waals surface area contributed by atoms with Gasteiger partial charge in [0.05, 0.1) is 11.8 Å². The Morgan fingerprint density at radius 1 is 1.07 bits per heavy atom. The number of carboxylic acid groups (broad SMARTS) is 1. The van der Waals surface area contributed by atoms with Crippen LogP contribution in [0.2, 0.25) is 0 Å². The number of benzene rings is 2. The monoisotopic (exact) mass is 365 g/mol. The fourth-order valence-electron chi connectivity index (χ4n) is 4.22. The van der Waals surface area contributed by atoms with Crippen LogP contribution in [0.15, 0.2) is 48.5 Å². The topological polar surface area (TPSA) is 86.6 Å². The summed E-state index contributed by atoms with van der Waals surface area (Å²) in [6.45, 7) is 0. The number of fused-ring (bicyclic) bond motifs is 1. The second-order valence-electron chi connectivity index (χ2n) is 7.62. The van der Waals surface area contributed by atoms with Crippen molar-refractivity contribution in [2.24, 2.45) is 11.8 Å². The SMILES string of the molecule is O=C(NC1CCc2ccc(O)cc2C1Cc1ccccc1)[C@H]1C[C@H]1C(=O)O. The van der Waals surface area contributed by atoms with Gasteiger partial charge in [0.2, 0.25) is 5.91 Å². The molecule has 3 N–H and O–H groups in total. The number of amides is 1. The van der Waals surface area contributed by atoms with Crippen LogP contribution in [-0.2, 0) is 22.4 Å². The lowest BCUT2D eigenvalue weighted by molar-refractivity contribution is -0.140. The number of aliphatic carboxylic acids is 1. The number of hydrogen-bond acceptors (Lipinski definition) is 3. The quantitative estimate of drug-likeness (QED) is 0.760. The zero-order chi connectivity index (χ0) is 19.0. The van der Waals surface area contributed by atoms with Gasteiger partial charge in [0.15, 0.2) is 0 Å². The third kappa shape index (κ3) is 3.68. The zero-order valence-corrected chi connectivity index (χ0v) is 15.0. The van der Waals surface area contributed by atoms with Gasteiger partial charge in [0.1, 0.15) is 5.75 Å². The van der Waals surface area contributed by atoms with Crippen molar-refractivity contribution in [1.29, 1.82) is 0 Å². The van der Waals surface area contributed by atoms with E-state index in [1.165, 1.54) is 11.1 Å². The number of nitrogens with one attached hydrogen (secondary N) is 1. The molecule has 0 aliphatic heterocycles. The molecule has 0 spiro atoms. The van der Waals surface area contributed by atoms with Crippen molar-refractivity contribution < 1.29 is 19.8 Å². The molecular weight excluding hydrogens is 342 g/mol. The lowest BCUT2D eigenvalue weighted by Crippen LogP contribution is -2.43. The molecule has 0 heterocycles. The second kappa shape index (κ2) is 7.06. The van der Waals surface area contributed by atoms with Crippen molar-refractivity contribution >= 4 is 11.9 Å². The Balaban J connectivity index is 1.58. The number of carbonyl (C=O) groups excluding carboxylic acids is 1. The molecule has 5 heteroatoms. The van der Waals surface area contributed by atoms with Crippen LogP contribution in [0.25, 0.3) is 0 Å². The summed E-state index contributed by atoms with van der Waals surface area (Å²) in [5, 5.41) is 22.2. The third-order valence-electron chi connectivity index (χ3n) is 5.81. The summed E-state index contributed by atoms with van der Waals surface area (Å²) in [7, 11) is 0. The number of carbonyl (C=O) groups is 2. The Labute approximate surface area is 158 Å². The molecule has 2 aliphatic rings. The Kier molecular flexibility index (Phi) is 4.60. The summed E-state index contributed by atoms with van der Waals surface area (Å²) in [5.74, 6) is -1.73. The van der Waals surface area contributed by atoms with Gasteiger partial charge in [-0.3, -0.25) is 9.59 Å². The van der Waals surface area contributed by atoms with Crippen molar-refractivity contribution in [3.8, 4) is 5.75 Å². The molecule has 140 valence electrons. The molecule has 2 unspecified atom stereocenters. The van der Waals surface area contributed by atoms with E-state index in [2.05, 4.69) is 17.4 Å². The average Bonchev–Trinajstić information content (AvgIpc) is 3.46. The Morgan fingerprint density at radius 2 is 1.85 bits per heavy atom. The van der Waals surface area contributed by atoms with Crippen molar-refractivity contribution in [3.05, 3.63) is 65.2 Å². The first-order valence-corrected chi connectivity index (χ1v) is 9.42. The molecule has 0 bridgehead atoms. The smallest absolute Gasteiger partial charge is 0.307 e. The van der Waals surface area contributed by atoms with Gasteiger partial charge in [-0.1, -0.05) is 36.4 Å². The maximum Gasteiger partial charge on any atom is 0.307 e. The molecule has 1 saturated carbocycles. The molecular formula is C22H23NO4. The van der Waals surface area contributed by atoms with Gasteiger partial charge >= 0.3 is 5.97 Å². The van der Waals surface area contributed by atoms with Crippen molar-refractivity contribution in [2.45, 2.75) is 37.6 Å². The summed E-state index contributed by atoms with van der Waals surface area (Å²) in [6.07, 6.45) is 2.83. The second-order valence-corrected chi connectivity index (χ2v) is 7.62. The van der Waals surface area contributed by atoms with E-state index in [-0.39, 0.29) is 23.6 Å². The van der Waals surface area contributed by atoms with Crippen LogP contribution in [0.3, 0.4) is 0 Å². The predicted octanol–water partition coefficient (Wildman–Crippen LogP) is 2.87. The van der Waals surface area contributed by atoms with E-state index in [0.29, 0.717) is 6.42 Å². The fraction of sp³-hybridized carbons (Fsp3) is 0.364. The van der Waals surface area contributed by atoms with Gasteiger partial charge in [0, 0.05) is 12.0 Å². The highest BCUT2D eigenvalue weighted by molar-refractivity contribution is 5.89. The van der Waals surface area contributed by atoms with Gasteiger partial charge in [-0.15, -0.1) is 0 Å². The first-order valence-electron chi connectivity index (χ1n) is 9.42. The number of hydrogen-bond donors (Lipinski definition) is 3. The van der Waals surface area contributed by atoms with Gasteiger partial charge in [-0.25, -0.2) is 0 Å². The number of aryl methyl sites for hydroxylation is 1. The minimum Gasteiger partial charge on any atom is -0.508 e. The van der Waals surface area contributed by atoms with Crippen LogP contribution in [0.5, 0.6) is 5.75 Å². The molecule has 0 radical (unpaired) electrons. The number of rotatable bonds is 5. The summed E-state index contributed by atoms with van der Waals surface area (Å²) in [4.78, 5) is 23.6. The maximum absolute atomic E-state index is 12.5. The lowest BCUT2D eigenvalue weighted by atomic mass is 9.76. The van der Waals surface area contributed by atoms with Crippen LogP contribution in [-0.4, -0.2) is 28.1 Å². The van der Waals surface area contributed by atoms with Crippen molar-refractivity contribution in [1.82, 2.24) is 5.32 Å². The number of carboxylic acids is 1. The Morgan fingerprint density at radius 3 is 2.56 bits per heavy atom. The minimum absolute atomic E-state index is 0.0502. The van der Waals surface area contributed by atoms with E-state index in [1.807, 2.05) is 24.3 Å². The van der Waals surface area contributed by atoms with E-state index in [0.717, 1.165) is 24.8 Å². The zero-order valence-electron chi connectivity index (χ0n) is 15.0. The molecule has 5 nitrogen and oxygen atoms in total. The van der Waals surface area contributed by atoms with E-state index < -0.39 is 17.8 Å². The van der Waals surface area contributed by atoms with Crippen LogP contribution >= 0.6 is 0 Å². The largest absolute Gasteiger partial charge is 0.508 e. The highest BCUT2D eigenvalue weighted by Gasteiger charge is 2.49. The molecule has 2 aromatic rings. The summed E-state index contributed by atoms with van der Waals surface area (Å²) >= 11 is 0. The van der Waals surface area contributed by atoms with E-state index >= 15 is 0 Å². The molecule has 4 atom stereocenters. The van der Waals surface area contributed by atoms with Crippen LogP contribution in [0, 0.1) is 11.8 Å². The van der Waals surface area contributed by atoms with E-state index in [9.17, 15) is 14.7 Å². The molecule has 1 amide bonds. The molecule has 2 aliphatic carbocycles. The standard InChI is InChI=1S/C22H23NO4/c24-15-8-6-14-7-9-20(23-21(25)18-12-19(18)22(26)27)17(16(14)11-15)10-13-4-2-1-3-5-13/h1-6,8,11,17-20,24H,7,9-10,12H2,(H,23,25)(H,26,27)/t17?,18-,19+,20?/m0/s1. The highest BCUT2D eigenvalue weighted by Crippen LogP contribution is 2.40. The first kappa shape index (κ1) is 17.6. The van der Waals surface area contributed by atoms with Crippen LogP contribution in [0.1, 0.15) is 35.4 Å². The molecule has 0 aromatic heterocycles. The van der Waals surface area contributed by atoms with Crippen molar-refractivity contribution in [3.63, 3.8) is 0 Å². The summed E-state index contributed by atoms with van der Waals surface area (Å²) < 4.78 is 0. The molecule has 1 fully saturated rings. The maximum atomic E-state index is 12.5. The molecule has 0 saturated heterocycles. The lowest BCUT2D eigenvalue weighted by Gasteiger charge is -2.34. The normalized spacial score (nSPS) is 26.1. The van der Waals surface area contributed by atoms with Crippen LogP contribution in [0.4, 0.5) is 0 Å². The number of aromatic hydroxyl groups is 1. The molecule has 2 aromatic carbocycles.